The van der Waals surface area contributed by atoms with Crippen LogP contribution < -0.4 is 4.74 Å². The Kier molecular flexibility index (Phi) is 6.83. The number of likely N-dealkylation sites (tertiary alicyclic amines) is 1. The highest BCUT2D eigenvalue weighted by atomic mass is 16.5. The van der Waals surface area contributed by atoms with Crippen LogP contribution in [0.3, 0.4) is 0 Å². The van der Waals surface area contributed by atoms with Crippen molar-refractivity contribution in [1.82, 2.24) is 25.0 Å². The fourth-order valence-corrected chi connectivity index (χ4v) is 4.88. The van der Waals surface area contributed by atoms with Gasteiger partial charge < -0.3 is 9.26 Å². The number of nitrogens with zero attached hydrogens (tertiary/aromatic N) is 5. The second-order valence-corrected chi connectivity index (χ2v) is 9.97. The van der Waals surface area contributed by atoms with E-state index in [2.05, 4.69) is 71.1 Å². The number of pyridine rings is 2. The highest BCUT2D eigenvalue weighted by Gasteiger charge is 2.34. The minimum atomic E-state index is -0.262. The van der Waals surface area contributed by atoms with Crippen molar-refractivity contribution < 1.29 is 9.26 Å². The van der Waals surface area contributed by atoms with Crippen LogP contribution >= 0.6 is 0 Å². The summed E-state index contributed by atoms with van der Waals surface area (Å²) in [5.41, 5.74) is 4.95. The fraction of sp³-hybridized carbons (Fsp3) is 0.379. The molecule has 7 heteroatoms. The minimum Gasteiger partial charge on any atom is -0.495 e. The van der Waals surface area contributed by atoms with E-state index in [0.29, 0.717) is 24.2 Å². The zero-order chi connectivity index (χ0) is 25.1. The van der Waals surface area contributed by atoms with Gasteiger partial charge in [-0.05, 0) is 68.1 Å². The lowest BCUT2D eigenvalue weighted by Crippen LogP contribution is -2.31. The van der Waals surface area contributed by atoms with Gasteiger partial charge >= 0.3 is 0 Å². The number of hydrogen-bond acceptors (Lipinski definition) is 7. The molecule has 1 aromatic carbocycles. The van der Waals surface area contributed by atoms with E-state index in [4.69, 9.17) is 14.2 Å². The molecular weight excluding hydrogens is 450 g/mol. The Morgan fingerprint density at radius 3 is 2.39 bits per heavy atom. The van der Waals surface area contributed by atoms with Crippen LogP contribution in [0.15, 0.2) is 65.6 Å². The van der Waals surface area contributed by atoms with Gasteiger partial charge in [0.2, 0.25) is 11.7 Å². The summed E-state index contributed by atoms with van der Waals surface area (Å²) in [4.78, 5) is 16.1. The summed E-state index contributed by atoms with van der Waals surface area (Å²) in [6, 6.07) is 14.8. The van der Waals surface area contributed by atoms with E-state index in [-0.39, 0.29) is 5.41 Å². The predicted octanol–water partition coefficient (Wildman–Crippen LogP) is 5.76. The number of rotatable bonds is 8. The van der Waals surface area contributed by atoms with E-state index in [9.17, 15) is 0 Å². The van der Waals surface area contributed by atoms with Gasteiger partial charge in [-0.2, -0.15) is 4.98 Å². The van der Waals surface area contributed by atoms with Crippen molar-refractivity contribution in [2.75, 3.05) is 20.2 Å². The first kappa shape index (κ1) is 24.1. The second kappa shape index (κ2) is 10.2. The number of hydrogen-bond donors (Lipinski definition) is 0. The van der Waals surface area contributed by atoms with Crippen LogP contribution in [0.1, 0.15) is 50.8 Å². The molecule has 1 aliphatic rings. The third kappa shape index (κ3) is 4.75. The third-order valence-electron chi connectivity index (χ3n) is 7.50. The number of benzene rings is 1. The minimum absolute atomic E-state index is 0.262. The quantitative estimate of drug-likeness (QED) is 0.315. The molecule has 0 amide bonds. The smallest absolute Gasteiger partial charge is 0.241 e. The molecule has 0 spiro atoms. The molecule has 1 aliphatic heterocycles. The average molecular weight is 484 g/mol. The predicted molar refractivity (Wildman–Crippen MR) is 140 cm³/mol. The summed E-state index contributed by atoms with van der Waals surface area (Å²) < 4.78 is 10.8. The molecule has 0 bridgehead atoms. The summed E-state index contributed by atoms with van der Waals surface area (Å²) in [6.45, 7) is 9.63. The molecule has 0 N–H and O–H groups in total. The van der Waals surface area contributed by atoms with E-state index in [1.165, 1.54) is 18.4 Å². The first-order valence-corrected chi connectivity index (χ1v) is 12.6. The van der Waals surface area contributed by atoms with Crippen LogP contribution in [0.4, 0.5) is 0 Å². The third-order valence-corrected chi connectivity index (χ3v) is 7.50. The lowest BCUT2D eigenvalue weighted by Gasteiger charge is -2.34. The Balaban J connectivity index is 1.38. The molecule has 36 heavy (non-hydrogen) atoms. The molecule has 0 saturated carbocycles. The molecule has 0 aliphatic carbocycles. The van der Waals surface area contributed by atoms with Gasteiger partial charge in [0.15, 0.2) is 0 Å². The van der Waals surface area contributed by atoms with Gasteiger partial charge in [-0.25, -0.2) is 0 Å². The Hall–Kier alpha value is -3.58. The molecule has 3 aromatic heterocycles. The van der Waals surface area contributed by atoms with Gasteiger partial charge in [0.1, 0.15) is 5.75 Å². The molecule has 1 saturated heterocycles. The van der Waals surface area contributed by atoms with Gasteiger partial charge in [0.05, 0.1) is 25.5 Å². The van der Waals surface area contributed by atoms with Gasteiger partial charge in [0.25, 0.3) is 0 Å². The van der Waals surface area contributed by atoms with Gasteiger partial charge in [0, 0.05) is 28.9 Å². The van der Waals surface area contributed by atoms with Crippen molar-refractivity contribution >= 4 is 0 Å². The van der Waals surface area contributed by atoms with Crippen molar-refractivity contribution in [3.05, 3.63) is 78.2 Å². The van der Waals surface area contributed by atoms with Crippen LogP contribution in [0, 0.1) is 5.92 Å². The Labute approximate surface area is 212 Å². The SMILES string of the molecule is COc1cncc(-c2ccc(C(C)(c3ccc(-c4noc(CN5CCCC5)n4)cn3)C(C)C)cc2)c1. The maximum Gasteiger partial charge on any atom is 0.241 e. The monoisotopic (exact) mass is 483 g/mol. The molecule has 186 valence electrons. The van der Waals surface area contributed by atoms with Gasteiger partial charge in [-0.3, -0.25) is 14.9 Å². The summed E-state index contributed by atoms with van der Waals surface area (Å²) in [5, 5.41) is 4.20. The first-order valence-electron chi connectivity index (χ1n) is 12.6. The highest BCUT2D eigenvalue weighted by Crippen LogP contribution is 2.39. The summed E-state index contributed by atoms with van der Waals surface area (Å²) in [5.74, 6) is 2.33. The molecule has 0 radical (unpaired) electrons. The molecule has 4 aromatic rings. The average Bonchev–Trinajstić information content (AvgIpc) is 3.61. The number of ether oxygens (including phenoxy) is 1. The van der Waals surface area contributed by atoms with Crippen LogP contribution in [0.25, 0.3) is 22.5 Å². The summed E-state index contributed by atoms with van der Waals surface area (Å²) >= 11 is 0. The first-order chi connectivity index (χ1) is 17.5. The molecule has 7 nitrogen and oxygen atoms in total. The van der Waals surface area contributed by atoms with E-state index in [0.717, 1.165) is 41.2 Å². The number of aromatic nitrogens is 4. The molecule has 1 fully saturated rings. The Morgan fingerprint density at radius 2 is 1.72 bits per heavy atom. The second-order valence-electron chi connectivity index (χ2n) is 9.97. The topological polar surface area (TPSA) is 77.2 Å². The zero-order valence-corrected chi connectivity index (χ0v) is 21.4. The van der Waals surface area contributed by atoms with Crippen LogP contribution in [0.2, 0.25) is 0 Å². The van der Waals surface area contributed by atoms with Crippen molar-refractivity contribution in [2.45, 2.75) is 45.6 Å². The van der Waals surface area contributed by atoms with Gasteiger partial charge in [-0.1, -0.05) is 43.3 Å². The Morgan fingerprint density at radius 1 is 0.972 bits per heavy atom. The van der Waals surface area contributed by atoms with E-state index in [1.807, 2.05) is 24.5 Å². The standard InChI is InChI=1S/C29H33N5O2/c1-20(2)29(3,24-10-7-21(8-11-24)23-15-25(35-4)18-30-16-23)26-12-9-22(17-31-26)28-32-27(36-33-28)19-34-13-5-6-14-34/h7-12,15-18,20H,5-6,13-14,19H2,1-4H3. The molecule has 4 heterocycles. The van der Waals surface area contributed by atoms with E-state index < -0.39 is 0 Å². The van der Waals surface area contributed by atoms with Crippen LogP contribution in [0.5, 0.6) is 5.75 Å². The molecule has 5 rings (SSSR count). The van der Waals surface area contributed by atoms with Crippen LogP contribution in [-0.2, 0) is 12.0 Å². The normalized spacial score (nSPS) is 15.8. The maximum absolute atomic E-state index is 5.51. The van der Waals surface area contributed by atoms with Crippen LogP contribution in [-0.4, -0.2) is 45.2 Å². The van der Waals surface area contributed by atoms with Crippen molar-refractivity contribution in [3.8, 4) is 28.3 Å². The summed E-state index contributed by atoms with van der Waals surface area (Å²) in [6.07, 6.45) is 7.90. The maximum atomic E-state index is 5.51. The molecule has 1 unspecified atom stereocenters. The Bertz CT molecular complexity index is 1290. The zero-order valence-electron chi connectivity index (χ0n) is 21.4. The number of methoxy groups -OCH3 is 1. The lowest BCUT2D eigenvalue weighted by molar-refractivity contribution is 0.268. The molecular formula is C29H33N5O2. The van der Waals surface area contributed by atoms with E-state index >= 15 is 0 Å². The fourth-order valence-electron chi connectivity index (χ4n) is 4.88. The van der Waals surface area contributed by atoms with Crippen molar-refractivity contribution in [3.63, 3.8) is 0 Å². The van der Waals surface area contributed by atoms with E-state index in [1.54, 1.807) is 13.3 Å². The molecule has 1 atom stereocenters. The summed E-state index contributed by atoms with van der Waals surface area (Å²) in [7, 11) is 1.66. The highest BCUT2D eigenvalue weighted by molar-refractivity contribution is 5.64. The van der Waals surface area contributed by atoms with Crippen molar-refractivity contribution in [1.29, 1.82) is 0 Å². The van der Waals surface area contributed by atoms with Gasteiger partial charge in [-0.15, -0.1) is 0 Å². The largest absolute Gasteiger partial charge is 0.495 e. The van der Waals surface area contributed by atoms with Crippen molar-refractivity contribution in [2.24, 2.45) is 5.92 Å². The lowest BCUT2D eigenvalue weighted by atomic mass is 9.70.